The summed E-state index contributed by atoms with van der Waals surface area (Å²) in [5.41, 5.74) is 7.76. The molecule has 0 unspecified atom stereocenters. The van der Waals surface area contributed by atoms with Crippen molar-refractivity contribution in [3.8, 4) is 11.5 Å². The Morgan fingerprint density at radius 3 is 2.58 bits per heavy atom. The van der Waals surface area contributed by atoms with E-state index in [1.54, 1.807) is 36.3 Å². The Balaban J connectivity index is 1.42. The number of nitrogens with one attached hydrogen (secondary N) is 2. The van der Waals surface area contributed by atoms with Crippen LogP contribution in [0.25, 0.3) is 0 Å². The van der Waals surface area contributed by atoms with Gasteiger partial charge in [-0.3, -0.25) is 20.4 Å². The van der Waals surface area contributed by atoms with Crippen molar-refractivity contribution in [1.82, 2.24) is 5.43 Å². The summed E-state index contributed by atoms with van der Waals surface area (Å²) in [7, 11) is 1.54. The first-order chi connectivity index (χ1) is 16.1. The smallest absolute Gasteiger partial charge is 0.243 e. The van der Waals surface area contributed by atoms with Crippen LogP contribution in [0.4, 0.5) is 11.4 Å². The van der Waals surface area contributed by atoms with Crippen molar-refractivity contribution in [2.24, 2.45) is 5.92 Å². The molecule has 2 N–H and O–H groups in total. The molecule has 0 radical (unpaired) electrons. The molecule has 4 rings (SSSR count). The monoisotopic (exact) mass is 465 g/mol. The fraction of sp³-hybridized carbons (Fsp3) is 0.200. The third kappa shape index (κ3) is 5.21. The van der Waals surface area contributed by atoms with E-state index in [0.29, 0.717) is 28.8 Å². The summed E-state index contributed by atoms with van der Waals surface area (Å²) in [5.74, 6) is 0.123. The first-order valence-electron chi connectivity index (χ1n) is 10.5. The molecule has 1 heterocycles. The topological polar surface area (TPSA) is 79.9 Å². The molecule has 1 aliphatic heterocycles. The van der Waals surface area contributed by atoms with Crippen molar-refractivity contribution in [1.29, 1.82) is 0 Å². The number of hydrogen-bond donors (Lipinski definition) is 2. The number of amides is 2. The molecule has 7 nitrogen and oxygen atoms in total. The van der Waals surface area contributed by atoms with Gasteiger partial charge in [-0.05, 0) is 30.3 Å². The van der Waals surface area contributed by atoms with Gasteiger partial charge in [0.25, 0.3) is 0 Å². The molecule has 8 heteroatoms. The maximum atomic E-state index is 12.8. The highest BCUT2D eigenvalue weighted by Gasteiger charge is 2.35. The van der Waals surface area contributed by atoms with Crippen LogP contribution in [0, 0.1) is 5.92 Å². The van der Waals surface area contributed by atoms with E-state index in [1.165, 1.54) is 0 Å². The van der Waals surface area contributed by atoms with Gasteiger partial charge < -0.3 is 14.4 Å². The van der Waals surface area contributed by atoms with E-state index in [1.807, 2.05) is 48.5 Å². The lowest BCUT2D eigenvalue weighted by molar-refractivity contribution is -0.125. The van der Waals surface area contributed by atoms with Crippen LogP contribution in [-0.4, -0.2) is 25.5 Å². The van der Waals surface area contributed by atoms with Gasteiger partial charge in [-0.25, -0.2) is 0 Å². The second kappa shape index (κ2) is 10.3. The van der Waals surface area contributed by atoms with Crippen molar-refractivity contribution in [3.63, 3.8) is 0 Å². The zero-order chi connectivity index (χ0) is 23.2. The number of hydrazine groups is 1. The molecule has 0 aromatic heterocycles. The maximum Gasteiger partial charge on any atom is 0.243 e. The number of rotatable bonds is 8. The molecule has 1 aliphatic rings. The summed E-state index contributed by atoms with van der Waals surface area (Å²) in [4.78, 5) is 26.8. The quantitative estimate of drug-likeness (QED) is 0.481. The fourth-order valence-corrected chi connectivity index (χ4v) is 3.85. The molecule has 0 aliphatic carbocycles. The third-order valence-electron chi connectivity index (χ3n) is 5.41. The summed E-state index contributed by atoms with van der Waals surface area (Å²) >= 11 is 6.23. The van der Waals surface area contributed by atoms with Gasteiger partial charge in [0.2, 0.25) is 11.8 Å². The Morgan fingerprint density at radius 1 is 1.06 bits per heavy atom. The second-order valence-corrected chi connectivity index (χ2v) is 7.98. The molecule has 33 heavy (non-hydrogen) atoms. The first kappa shape index (κ1) is 22.5. The molecule has 1 fully saturated rings. The van der Waals surface area contributed by atoms with E-state index in [0.717, 1.165) is 11.3 Å². The first-order valence-corrected chi connectivity index (χ1v) is 10.9. The predicted octanol–water partition coefficient (Wildman–Crippen LogP) is 4.42. The largest absolute Gasteiger partial charge is 0.493 e. The minimum absolute atomic E-state index is 0.0773. The lowest BCUT2D eigenvalue weighted by Gasteiger charge is -2.19. The number of benzene rings is 3. The van der Waals surface area contributed by atoms with Crippen LogP contribution in [-0.2, 0) is 16.2 Å². The lowest BCUT2D eigenvalue weighted by Crippen LogP contribution is -2.36. The Morgan fingerprint density at radius 2 is 1.82 bits per heavy atom. The molecule has 3 aromatic carbocycles. The molecule has 1 saturated heterocycles. The minimum atomic E-state index is -0.469. The van der Waals surface area contributed by atoms with E-state index in [-0.39, 0.29) is 24.8 Å². The predicted molar refractivity (Wildman–Crippen MR) is 127 cm³/mol. The fourth-order valence-electron chi connectivity index (χ4n) is 3.66. The van der Waals surface area contributed by atoms with Gasteiger partial charge in [0.05, 0.1) is 18.7 Å². The number of nitrogens with zero attached hydrogens (tertiary/aromatic N) is 1. The molecule has 1 atom stereocenters. The average Bonchev–Trinajstić information content (AvgIpc) is 3.24. The number of hydrogen-bond acceptors (Lipinski definition) is 5. The van der Waals surface area contributed by atoms with Crippen LogP contribution in [0.2, 0.25) is 5.02 Å². The number of carbonyl (C=O) groups excluding carboxylic acids is 2. The summed E-state index contributed by atoms with van der Waals surface area (Å²) in [6.45, 7) is 0.552. The van der Waals surface area contributed by atoms with Crippen LogP contribution in [0.15, 0.2) is 72.8 Å². The highest BCUT2D eigenvalue weighted by molar-refractivity contribution is 6.31. The highest BCUT2D eigenvalue weighted by Crippen LogP contribution is 2.36. The van der Waals surface area contributed by atoms with Crippen LogP contribution >= 0.6 is 11.6 Å². The number of ether oxygens (including phenoxy) is 2. The molecular weight excluding hydrogens is 442 g/mol. The zero-order valence-electron chi connectivity index (χ0n) is 18.1. The van der Waals surface area contributed by atoms with Crippen LogP contribution in [0.5, 0.6) is 11.5 Å². The van der Waals surface area contributed by atoms with Crippen molar-refractivity contribution in [2.45, 2.75) is 13.0 Å². The molecular formula is C25H24ClN3O4. The molecule has 3 aromatic rings. The number of anilines is 2. The minimum Gasteiger partial charge on any atom is -0.493 e. The number of methoxy groups -OCH3 is 1. The average molecular weight is 466 g/mol. The lowest BCUT2D eigenvalue weighted by atomic mass is 10.1. The Labute approximate surface area is 197 Å². The van der Waals surface area contributed by atoms with Gasteiger partial charge in [-0.15, -0.1) is 0 Å². The normalized spacial score (nSPS) is 15.3. The number of halogens is 1. The van der Waals surface area contributed by atoms with Crippen molar-refractivity contribution in [2.75, 3.05) is 24.0 Å². The van der Waals surface area contributed by atoms with Gasteiger partial charge in [0.15, 0.2) is 11.5 Å². The van der Waals surface area contributed by atoms with E-state index in [4.69, 9.17) is 21.1 Å². The van der Waals surface area contributed by atoms with E-state index in [2.05, 4.69) is 10.9 Å². The van der Waals surface area contributed by atoms with Gasteiger partial charge in [-0.1, -0.05) is 54.1 Å². The summed E-state index contributed by atoms with van der Waals surface area (Å²) in [6.07, 6.45) is 0.149. The van der Waals surface area contributed by atoms with Crippen molar-refractivity contribution >= 4 is 34.8 Å². The standard InChI is InChI=1S/C25H24ClN3O4/c1-32-22-13-7-12-21(24(22)33-16-17-8-5-6-11-20(17)26)27-28-25(31)18-14-23(30)29(15-18)19-9-3-2-4-10-19/h2-13,18,27H,14-16H2,1H3,(H,28,31)/t18-/m1/s1. The van der Waals surface area contributed by atoms with Crippen molar-refractivity contribution in [3.05, 3.63) is 83.4 Å². The molecule has 0 saturated carbocycles. The molecule has 2 amide bonds. The van der Waals surface area contributed by atoms with Crippen LogP contribution < -0.4 is 25.2 Å². The Hall–Kier alpha value is -3.71. The van der Waals surface area contributed by atoms with Gasteiger partial charge in [0, 0.05) is 29.2 Å². The molecule has 0 bridgehead atoms. The highest BCUT2D eigenvalue weighted by atomic mass is 35.5. The molecule has 0 spiro atoms. The summed E-state index contributed by atoms with van der Waals surface area (Å²) < 4.78 is 11.4. The van der Waals surface area contributed by atoms with Gasteiger partial charge >= 0.3 is 0 Å². The molecule has 170 valence electrons. The Bertz CT molecular complexity index is 1140. The third-order valence-corrected chi connectivity index (χ3v) is 5.78. The number of carbonyl (C=O) groups is 2. The number of para-hydroxylation sites is 2. The zero-order valence-corrected chi connectivity index (χ0v) is 18.8. The van der Waals surface area contributed by atoms with Crippen LogP contribution in [0.3, 0.4) is 0 Å². The van der Waals surface area contributed by atoms with Crippen molar-refractivity contribution < 1.29 is 19.1 Å². The van der Waals surface area contributed by atoms with Crippen LogP contribution in [0.1, 0.15) is 12.0 Å². The maximum absolute atomic E-state index is 12.8. The Kier molecular flexibility index (Phi) is 7.00. The van der Waals surface area contributed by atoms with Gasteiger partial charge in [-0.2, -0.15) is 0 Å². The SMILES string of the molecule is COc1cccc(NNC(=O)[C@@H]2CC(=O)N(c3ccccc3)C2)c1OCc1ccccc1Cl. The summed E-state index contributed by atoms with van der Waals surface area (Å²) in [6, 6.07) is 22.1. The van der Waals surface area contributed by atoms with E-state index >= 15 is 0 Å². The van der Waals surface area contributed by atoms with E-state index < -0.39 is 5.92 Å². The van der Waals surface area contributed by atoms with E-state index in [9.17, 15) is 9.59 Å². The second-order valence-electron chi connectivity index (χ2n) is 7.57. The summed E-state index contributed by atoms with van der Waals surface area (Å²) in [5, 5.41) is 0.601. The van der Waals surface area contributed by atoms with Gasteiger partial charge in [0.1, 0.15) is 6.61 Å².